The molecule has 118 valence electrons. The fourth-order valence-corrected chi connectivity index (χ4v) is 4.34. The first kappa shape index (κ1) is 16.7. The third kappa shape index (κ3) is 4.38. The Balaban J connectivity index is 2.10. The quantitative estimate of drug-likeness (QED) is 0.820. The Morgan fingerprint density at radius 1 is 1.52 bits per heavy atom. The maximum atomic E-state index is 12.5. The van der Waals surface area contributed by atoms with Crippen molar-refractivity contribution < 1.29 is 8.42 Å². The second kappa shape index (κ2) is 7.04. The molecule has 1 aromatic heterocycles. The molecule has 2 rings (SSSR count). The molecule has 0 aliphatic carbocycles. The standard InChI is InChI=1S/C13H21BrN4O2S/c1-10-6-12(14)8-16-13(10)17-21(19,20)18-5-3-4-11(9-18)7-15-2/h6,8,11,15H,3-5,7,9H2,1-2H3,(H,16,17). The number of anilines is 1. The van der Waals surface area contributed by atoms with Crippen molar-refractivity contribution >= 4 is 32.0 Å². The number of piperidine rings is 1. The minimum Gasteiger partial charge on any atom is -0.319 e. The summed E-state index contributed by atoms with van der Waals surface area (Å²) in [5.41, 5.74) is 0.789. The monoisotopic (exact) mass is 376 g/mol. The Bertz CT molecular complexity index is 592. The Morgan fingerprint density at radius 2 is 2.29 bits per heavy atom. The molecule has 1 fully saturated rings. The van der Waals surface area contributed by atoms with E-state index in [1.807, 2.05) is 20.0 Å². The van der Waals surface area contributed by atoms with Crippen molar-refractivity contribution in [1.29, 1.82) is 0 Å². The van der Waals surface area contributed by atoms with Gasteiger partial charge in [0, 0.05) is 23.8 Å². The van der Waals surface area contributed by atoms with Crippen LogP contribution in [0.25, 0.3) is 0 Å². The molecule has 2 heterocycles. The lowest BCUT2D eigenvalue weighted by atomic mass is 10.00. The molecule has 6 nitrogen and oxygen atoms in total. The number of halogens is 1. The van der Waals surface area contributed by atoms with Gasteiger partial charge in [-0.3, -0.25) is 4.72 Å². The van der Waals surface area contributed by atoms with Gasteiger partial charge >= 0.3 is 10.2 Å². The van der Waals surface area contributed by atoms with Gasteiger partial charge < -0.3 is 5.32 Å². The molecule has 1 aromatic rings. The number of aryl methyl sites for hydroxylation is 1. The van der Waals surface area contributed by atoms with Gasteiger partial charge in [0.1, 0.15) is 5.82 Å². The highest BCUT2D eigenvalue weighted by Crippen LogP contribution is 2.22. The molecule has 0 spiro atoms. The zero-order valence-corrected chi connectivity index (χ0v) is 14.7. The normalized spacial score (nSPS) is 20.4. The van der Waals surface area contributed by atoms with Gasteiger partial charge in [0.15, 0.2) is 0 Å². The summed E-state index contributed by atoms with van der Waals surface area (Å²) in [6.45, 7) is 3.77. The van der Waals surface area contributed by atoms with Crippen molar-refractivity contribution in [2.24, 2.45) is 5.92 Å². The van der Waals surface area contributed by atoms with E-state index in [4.69, 9.17) is 0 Å². The van der Waals surface area contributed by atoms with Crippen LogP contribution < -0.4 is 10.0 Å². The Morgan fingerprint density at radius 3 is 2.95 bits per heavy atom. The van der Waals surface area contributed by atoms with Crippen molar-refractivity contribution in [3.05, 3.63) is 22.3 Å². The zero-order valence-electron chi connectivity index (χ0n) is 12.3. The highest BCUT2D eigenvalue weighted by atomic mass is 79.9. The molecule has 1 aliphatic heterocycles. The first-order chi connectivity index (χ1) is 9.92. The minimum atomic E-state index is -3.55. The molecule has 8 heteroatoms. The molecule has 1 saturated heterocycles. The van der Waals surface area contributed by atoms with Crippen LogP contribution in [0.4, 0.5) is 5.82 Å². The van der Waals surface area contributed by atoms with Gasteiger partial charge in [-0.1, -0.05) is 0 Å². The summed E-state index contributed by atoms with van der Waals surface area (Å²) in [6, 6.07) is 1.84. The van der Waals surface area contributed by atoms with Gasteiger partial charge in [0.2, 0.25) is 0 Å². The SMILES string of the molecule is CNCC1CCCN(S(=O)(=O)Nc2ncc(Br)cc2C)C1. The molecule has 1 aliphatic rings. The maximum absolute atomic E-state index is 12.5. The van der Waals surface area contributed by atoms with E-state index in [0.29, 0.717) is 24.8 Å². The third-order valence-corrected chi connectivity index (χ3v) is 5.48. The van der Waals surface area contributed by atoms with E-state index in [2.05, 4.69) is 31.0 Å². The summed E-state index contributed by atoms with van der Waals surface area (Å²) >= 11 is 3.32. The molecule has 0 saturated carbocycles. The Labute approximate surface area is 134 Å². The van der Waals surface area contributed by atoms with Gasteiger partial charge in [-0.05, 0) is 66.8 Å². The zero-order chi connectivity index (χ0) is 15.5. The van der Waals surface area contributed by atoms with E-state index in [-0.39, 0.29) is 0 Å². The average molecular weight is 377 g/mol. The lowest BCUT2D eigenvalue weighted by Crippen LogP contribution is -2.45. The van der Waals surface area contributed by atoms with E-state index in [1.54, 1.807) is 6.20 Å². The Hall–Kier alpha value is -0.700. The van der Waals surface area contributed by atoms with Crippen LogP contribution in [0.5, 0.6) is 0 Å². The van der Waals surface area contributed by atoms with Crippen LogP contribution in [-0.2, 0) is 10.2 Å². The number of pyridine rings is 1. The van der Waals surface area contributed by atoms with E-state index in [0.717, 1.165) is 29.4 Å². The van der Waals surface area contributed by atoms with Gasteiger partial charge in [-0.2, -0.15) is 12.7 Å². The molecule has 2 N–H and O–H groups in total. The van der Waals surface area contributed by atoms with Crippen LogP contribution in [-0.4, -0.2) is 44.4 Å². The van der Waals surface area contributed by atoms with Crippen LogP contribution in [0.3, 0.4) is 0 Å². The fourth-order valence-electron chi connectivity index (χ4n) is 2.53. The summed E-state index contributed by atoms with van der Waals surface area (Å²) < 4.78 is 29.9. The molecular weight excluding hydrogens is 356 g/mol. The predicted molar refractivity (Wildman–Crippen MR) is 87.4 cm³/mol. The van der Waals surface area contributed by atoms with Crippen LogP contribution in [0.15, 0.2) is 16.7 Å². The Kier molecular flexibility index (Phi) is 5.59. The van der Waals surface area contributed by atoms with Crippen molar-refractivity contribution in [3.63, 3.8) is 0 Å². The van der Waals surface area contributed by atoms with Crippen LogP contribution >= 0.6 is 15.9 Å². The van der Waals surface area contributed by atoms with Crippen molar-refractivity contribution in [2.75, 3.05) is 31.4 Å². The van der Waals surface area contributed by atoms with Crippen LogP contribution in [0.2, 0.25) is 0 Å². The first-order valence-corrected chi connectivity index (χ1v) is 9.20. The minimum absolute atomic E-state index is 0.360. The van der Waals surface area contributed by atoms with Crippen molar-refractivity contribution in [1.82, 2.24) is 14.6 Å². The van der Waals surface area contributed by atoms with Gasteiger partial charge in [0.05, 0.1) is 0 Å². The van der Waals surface area contributed by atoms with Gasteiger partial charge in [0.25, 0.3) is 0 Å². The number of aromatic nitrogens is 1. The molecular formula is C13H21BrN4O2S. The van der Waals surface area contributed by atoms with Crippen LogP contribution in [0, 0.1) is 12.8 Å². The van der Waals surface area contributed by atoms with Crippen molar-refractivity contribution in [3.8, 4) is 0 Å². The molecule has 0 radical (unpaired) electrons. The van der Waals surface area contributed by atoms with E-state index >= 15 is 0 Å². The number of nitrogens with one attached hydrogen (secondary N) is 2. The van der Waals surface area contributed by atoms with Gasteiger partial charge in [-0.15, -0.1) is 0 Å². The highest BCUT2D eigenvalue weighted by Gasteiger charge is 2.29. The number of rotatable bonds is 5. The maximum Gasteiger partial charge on any atom is 0.302 e. The molecule has 0 bridgehead atoms. The topological polar surface area (TPSA) is 74.3 Å². The average Bonchev–Trinajstić information content (AvgIpc) is 2.43. The number of hydrogen-bond acceptors (Lipinski definition) is 4. The molecule has 0 aromatic carbocycles. The molecule has 1 atom stereocenters. The van der Waals surface area contributed by atoms with E-state index in [9.17, 15) is 8.42 Å². The second-order valence-electron chi connectivity index (χ2n) is 5.35. The van der Waals surface area contributed by atoms with E-state index < -0.39 is 10.2 Å². The molecule has 21 heavy (non-hydrogen) atoms. The number of hydrogen-bond donors (Lipinski definition) is 2. The smallest absolute Gasteiger partial charge is 0.302 e. The summed E-state index contributed by atoms with van der Waals surface area (Å²) in [5, 5.41) is 3.12. The highest BCUT2D eigenvalue weighted by molar-refractivity contribution is 9.10. The summed E-state index contributed by atoms with van der Waals surface area (Å²) in [4.78, 5) is 4.14. The first-order valence-electron chi connectivity index (χ1n) is 6.97. The lowest BCUT2D eigenvalue weighted by Gasteiger charge is -2.31. The van der Waals surface area contributed by atoms with Crippen LogP contribution in [0.1, 0.15) is 18.4 Å². The summed E-state index contributed by atoms with van der Waals surface area (Å²) in [5.74, 6) is 0.744. The molecule has 1 unspecified atom stereocenters. The van der Waals surface area contributed by atoms with Gasteiger partial charge in [-0.25, -0.2) is 4.98 Å². The lowest BCUT2D eigenvalue weighted by molar-refractivity contribution is 0.264. The fraction of sp³-hybridized carbons (Fsp3) is 0.615. The molecule has 0 amide bonds. The second-order valence-corrected chi connectivity index (χ2v) is 7.94. The summed E-state index contributed by atoms with van der Waals surface area (Å²) in [7, 11) is -1.66. The largest absolute Gasteiger partial charge is 0.319 e. The van der Waals surface area contributed by atoms with Crippen molar-refractivity contribution in [2.45, 2.75) is 19.8 Å². The predicted octanol–water partition coefficient (Wildman–Crippen LogP) is 1.74. The summed E-state index contributed by atoms with van der Waals surface area (Å²) in [6.07, 6.45) is 3.54. The van der Waals surface area contributed by atoms with E-state index in [1.165, 1.54) is 4.31 Å². The third-order valence-electron chi connectivity index (χ3n) is 3.58. The number of nitrogens with zero attached hydrogens (tertiary/aromatic N) is 2.